The molecule has 32 heavy (non-hydrogen) atoms. The summed E-state index contributed by atoms with van der Waals surface area (Å²) in [4.78, 5) is 46.9. The molecule has 1 atom stereocenters. The maximum absolute atomic E-state index is 13.2. The van der Waals surface area contributed by atoms with E-state index in [9.17, 15) is 14.4 Å². The van der Waals surface area contributed by atoms with Gasteiger partial charge in [0.2, 0.25) is 11.8 Å². The third kappa shape index (κ3) is 3.91. The number of carbonyl (C=O) groups is 3. The Balaban J connectivity index is 1.24. The number of hydrogen-bond acceptors (Lipinski definition) is 6. The number of fused-ring (bicyclic) bond motifs is 1. The smallest absolute Gasteiger partial charge is 0.293 e. The highest BCUT2D eigenvalue weighted by Gasteiger charge is 2.38. The monoisotopic (exact) mass is 450 g/mol. The Morgan fingerprint density at radius 1 is 1.22 bits per heavy atom. The SMILES string of the molecule is Cc1ccc(N2CC(C(=O)N3CCc4nc(NC(=O)c5ccco5)sc4C3)CC2=O)cc1. The molecule has 9 heteroatoms. The molecule has 2 aliphatic rings. The van der Waals surface area contributed by atoms with Gasteiger partial charge in [-0.1, -0.05) is 29.0 Å². The van der Waals surface area contributed by atoms with Gasteiger partial charge in [-0.05, 0) is 31.2 Å². The number of rotatable bonds is 4. The number of furan rings is 1. The first-order chi connectivity index (χ1) is 15.5. The summed E-state index contributed by atoms with van der Waals surface area (Å²) in [6, 6.07) is 11.0. The standard InChI is InChI=1S/C23H22N4O4S/c1-14-4-6-16(7-5-14)27-12-15(11-20(27)28)22(30)26-9-8-17-19(13-26)32-23(24-17)25-21(29)18-3-2-10-31-18/h2-7,10,15H,8-9,11-13H2,1H3,(H,24,25,29). The predicted molar refractivity (Wildman–Crippen MR) is 120 cm³/mol. The Morgan fingerprint density at radius 3 is 2.78 bits per heavy atom. The molecule has 0 radical (unpaired) electrons. The van der Waals surface area contributed by atoms with Crippen molar-refractivity contribution in [2.45, 2.75) is 26.3 Å². The van der Waals surface area contributed by atoms with Crippen molar-refractivity contribution in [2.75, 3.05) is 23.3 Å². The van der Waals surface area contributed by atoms with Crippen LogP contribution in [0.25, 0.3) is 0 Å². The number of anilines is 2. The number of benzene rings is 1. The molecule has 1 aromatic carbocycles. The Hall–Kier alpha value is -3.46. The minimum absolute atomic E-state index is 0.00631. The maximum Gasteiger partial charge on any atom is 0.293 e. The Labute approximate surface area is 188 Å². The van der Waals surface area contributed by atoms with Crippen LogP contribution in [0.3, 0.4) is 0 Å². The molecule has 1 N–H and O–H groups in total. The highest BCUT2D eigenvalue weighted by atomic mass is 32.1. The lowest BCUT2D eigenvalue weighted by molar-refractivity contribution is -0.136. The highest BCUT2D eigenvalue weighted by Crippen LogP contribution is 2.31. The first-order valence-corrected chi connectivity index (χ1v) is 11.3. The van der Waals surface area contributed by atoms with Crippen LogP contribution in [-0.2, 0) is 22.6 Å². The van der Waals surface area contributed by atoms with Crippen LogP contribution in [-0.4, -0.2) is 40.7 Å². The lowest BCUT2D eigenvalue weighted by atomic mass is 10.1. The average Bonchev–Trinajstić information content (AvgIpc) is 3.53. The molecule has 1 saturated heterocycles. The van der Waals surface area contributed by atoms with Crippen LogP contribution in [0, 0.1) is 12.8 Å². The van der Waals surface area contributed by atoms with Crippen molar-refractivity contribution in [3.63, 3.8) is 0 Å². The van der Waals surface area contributed by atoms with Crippen LogP contribution in [0.5, 0.6) is 0 Å². The van der Waals surface area contributed by atoms with Crippen LogP contribution in [0.15, 0.2) is 47.1 Å². The molecular weight excluding hydrogens is 428 g/mol. The average molecular weight is 451 g/mol. The molecule has 0 aliphatic carbocycles. The summed E-state index contributed by atoms with van der Waals surface area (Å²) in [5, 5.41) is 3.25. The van der Waals surface area contributed by atoms with Crippen molar-refractivity contribution in [3.8, 4) is 0 Å². The maximum atomic E-state index is 13.2. The van der Waals surface area contributed by atoms with E-state index in [0.29, 0.717) is 31.2 Å². The van der Waals surface area contributed by atoms with Gasteiger partial charge < -0.3 is 14.2 Å². The third-order valence-corrected chi connectivity index (χ3v) is 6.83. The fourth-order valence-electron chi connectivity index (χ4n) is 4.11. The summed E-state index contributed by atoms with van der Waals surface area (Å²) in [7, 11) is 0. The van der Waals surface area contributed by atoms with Gasteiger partial charge in [0.25, 0.3) is 5.91 Å². The molecule has 8 nitrogen and oxygen atoms in total. The second-order valence-corrected chi connectivity index (χ2v) is 9.15. The van der Waals surface area contributed by atoms with Crippen LogP contribution >= 0.6 is 11.3 Å². The van der Waals surface area contributed by atoms with Crippen molar-refractivity contribution in [2.24, 2.45) is 5.92 Å². The van der Waals surface area contributed by atoms with Crippen molar-refractivity contribution in [3.05, 3.63) is 64.6 Å². The molecule has 3 aromatic rings. The van der Waals surface area contributed by atoms with Crippen LogP contribution in [0.4, 0.5) is 10.8 Å². The van der Waals surface area contributed by atoms with Gasteiger partial charge in [0.15, 0.2) is 10.9 Å². The largest absolute Gasteiger partial charge is 0.459 e. The highest BCUT2D eigenvalue weighted by molar-refractivity contribution is 7.15. The van der Waals surface area contributed by atoms with E-state index in [1.165, 1.54) is 17.6 Å². The molecule has 2 aromatic heterocycles. The summed E-state index contributed by atoms with van der Waals surface area (Å²) < 4.78 is 5.11. The molecular formula is C23H22N4O4S. The quantitative estimate of drug-likeness (QED) is 0.658. The molecule has 4 heterocycles. The third-order valence-electron chi connectivity index (χ3n) is 5.83. The predicted octanol–water partition coefficient (Wildman–Crippen LogP) is 3.23. The van der Waals surface area contributed by atoms with E-state index < -0.39 is 0 Å². The van der Waals surface area contributed by atoms with E-state index in [1.54, 1.807) is 21.9 Å². The number of nitrogens with one attached hydrogen (secondary N) is 1. The summed E-state index contributed by atoms with van der Waals surface area (Å²) >= 11 is 1.37. The Kier molecular flexibility index (Phi) is 5.26. The summed E-state index contributed by atoms with van der Waals surface area (Å²) in [5.41, 5.74) is 2.86. The van der Waals surface area contributed by atoms with E-state index in [4.69, 9.17) is 4.42 Å². The molecule has 0 saturated carbocycles. The zero-order valence-electron chi connectivity index (χ0n) is 17.5. The summed E-state index contributed by atoms with van der Waals surface area (Å²) in [5.74, 6) is -0.510. The van der Waals surface area contributed by atoms with Gasteiger partial charge in [0.1, 0.15) is 0 Å². The second-order valence-electron chi connectivity index (χ2n) is 8.07. The molecule has 164 valence electrons. The normalized spacial score (nSPS) is 18.0. The van der Waals surface area contributed by atoms with Crippen LogP contribution < -0.4 is 10.2 Å². The number of hydrogen-bond donors (Lipinski definition) is 1. The lowest BCUT2D eigenvalue weighted by Crippen LogP contribution is -2.40. The van der Waals surface area contributed by atoms with Gasteiger partial charge in [-0.3, -0.25) is 19.7 Å². The van der Waals surface area contributed by atoms with Crippen LogP contribution in [0.1, 0.15) is 33.1 Å². The van der Waals surface area contributed by atoms with E-state index in [2.05, 4.69) is 10.3 Å². The minimum atomic E-state index is -0.352. The van der Waals surface area contributed by atoms with E-state index in [1.807, 2.05) is 31.2 Å². The number of amides is 3. The van der Waals surface area contributed by atoms with Gasteiger partial charge in [0.05, 0.1) is 24.4 Å². The van der Waals surface area contributed by atoms with Gasteiger partial charge >= 0.3 is 0 Å². The van der Waals surface area contributed by atoms with Crippen molar-refractivity contribution in [1.82, 2.24) is 9.88 Å². The number of thiazole rings is 1. The fraction of sp³-hybridized carbons (Fsp3) is 0.304. The molecule has 0 bridgehead atoms. The molecule has 2 aliphatic heterocycles. The first-order valence-electron chi connectivity index (χ1n) is 10.5. The van der Waals surface area contributed by atoms with Gasteiger partial charge in [-0.2, -0.15) is 0 Å². The fourth-order valence-corrected chi connectivity index (χ4v) is 5.13. The topological polar surface area (TPSA) is 95.8 Å². The lowest BCUT2D eigenvalue weighted by Gasteiger charge is -2.28. The van der Waals surface area contributed by atoms with E-state index in [-0.39, 0.29) is 35.8 Å². The van der Waals surface area contributed by atoms with Gasteiger partial charge in [-0.25, -0.2) is 4.98 Å². The van der Waals surface area contributed by atoms with Gasteiger partial charge in [-0.15, -0.1) is 0 Å². The zero-order valence-corrected chi connectivity index (χ0v) is 18.4. The first kappa shape index (κ1) is 20.4. The van der Waals surface area contributed by atoms with E-state index >= 15 is 0 Å². The minimum Gasteiger partial charge on any atom is -0.459 e. The number of aryl methyl sites for hydroxylation is 1. The number of nitrogens with zero attached hydrogens (tertiary/aromatic N) is 3. The number of carbonyl (C=O) groups excluding carboxylic acids is 3. The molecule has 0 spiro atoms. The van der Waals surface area contributed by atoms with Crippen molar-refractivity contribution < 1.29 is 18.8 Å². The molecule has 3 amide bonds. The van der Waals surface area contributed by atoms with Crippen LogP contribution in [0.2, 0.25) is 0 Å². The van der Waals surface area contributed by atoms with Gasteiger partial charge in [0, 0.05) is 36.5 Å². The van der Waals surface area contributed by atoms with Crippen molar-refractivity contribution >= 4 is 39.9 Å². The molecule has 1 unspecified atom stereocenters. The summed E-state index contributed by atoms with van der Waals surface area (Å²) in [6.07, 6.45) is 2.29. The molecule has 5 rings (SSSR count). The van der Waals surface area contributed by atoms with E-state index in [0.717, 1.165) is 21.8 Å². The summed E-state index contributed by atoms with van der Waals surface area (Å²) in [6.45, 7) is 3.39. The zero-order chi connectivity index (χ0) is 22.2. The molecule has 1 fully saturated rings. The Morgan fingerprint density at radius 2 is 2.03 bits per heavy atom. The van der Waals surface area contributed by atoms with Crippen molar-refractivity contribution in [1.29, 1.82) is 0 Å². The number of aromatic nitrogens is 1. The second kappa shape index (κ2) is 8.23. The Bertz CT molecular complexity index is 1170.